The van der Waals surface area contributed by atoms with Crippen LogP contribution in [-0.4, -0.2) is 19.2 Å². The standard InChI is InChI=1S/C17H15NO3/c1-20-12-8-14-13(16(9-12)21-2)10-15(18-17(14)19)11-6-4-3-5-7-11/h3-10H,1-2H3,(H,18,19). The van der Waals surface area contributed by atoms with E-state index in [2.05, 4.69) is 4.98 Å². The van der Waals surface area contributed by atoms with Gasteiger partial charge in [0.1, 0.15) is 11.5 Å². The second-order valence-corrected chi connectivity index (χ2v) is 4.67. The molecule has 0 bridgehead atoms. The predicted octanol–water partition coefficient (Wildman–Crippen LogP) is 3.21. The summed E-state index contributed by atoms with van der Waals surface area (Å²) >= 11 is 0. The first-order chi connectivity index (χ1) is 10.2. The summed E-state index contributed by atoms with van der Waals surface area (Å²) in [5.41, 5.74) is 1.55. The maximum atomic E-state index is 12.3. The number of aromatic nitrogens is 1. The molecule has 0 unspecified atom stereocenters. The van der Waals surface area contributed by atoms with Gasteiger partial charge in [-0.15, -0.1) is 0 Å². The Bertz CT molecular complexity index is 838. The molecule has 1 heterocycles. The number of pyridine rings is 1. The van der Waals surface area contributed by atoms with Crippen LogP contribution in [0.3, 0.4) is 0 Å². The molecule has 0 aliphatic carbocycles. The highest BCUT2D eigenvalue weighted by Gasteiger charge is 2.10. The molecule has 0 saturated heterocycles. The van der Waals surface area contributed by atoms with Crippen molar-refractivity contribution < 1.29 is 9.47 Å². The summed E-state index contributed by atoms with van der Waals surface area (Å²) in [7, 11) is 3.14. The van der Waals surface area contributed by atoms with Crippen LogP contribution in [-0.2, 0) is 0 Å². The van der Waals surface area contributed by atoms with E-state index < -0.39 is 0 Å². The van der Waals surface area contributed by atoms with Crippen molar-refractivity contribution in [1.29, 1.82) is 0 Å². The van der Waals surface area contributed by atoms with Crippen molar-refractivity contribution in [2.24, 2.45) is 0 Å². The second-order valence-electron chi connectivity index (χ2n) is 4.67. The molecular weight excluding hydrogens is 266 g/mol. The Morgan fingerprint density at radius 2 is 1.67 bits per heavy atom. The number of hydrogen-bond acceptors (Lipinski definition) is 3. The zero-order valence-corrected chi connectivity index (χ0v) is 11.8. The number of aromatic amines is 1. The number of rotatable bonds is 3. The summed E-state index contributed by atoms with van der Waals surface area (Å²) in [6.45, 7) is 0. The van der Waals surface area contributed by atoms with Crippen LogP contribution in [0.25, 0.3) is 22.0 Å². The van der Waals surface area contributed by atoms with Crippen molar-refractivity contribution in [3.8, 4) is 22.8 Å². The number of fused-ring (bicyclic) bond motifs is 1. The van der Waals surface area contributed by atoms with Crippen molar-refractivity contribution in [3.05, 3.63) is 58.9 Å². The fourth-order valence-electron chi connectivity index (χ4n) is 2.37. The van der Waals surface area contributed by atoms with E-state index >= 15 is 0 Å². The van der Waals surface area contributed by atoms with E-state index in [1.165, 1.54) is 0 Å². The molecule has 3 aromatic rings. The quantitative estimate of drug-likeness (QED) is 0.802. The van der Waals surface area contributed by atoms with Gasteiger partial charge in [0.15, 0.2) is 0 Å². The average molecular weight is 281 g/mol. The highest BCUT2D eigenvalue weighted by atomic mass is 16.5. The topological polar surface area (TPSA) is 51.3 Å². The van der Waals surface area contributed by atoms with Crippen LogP contribution in [0.4, 0.5) is 0 Å². The van der Waals surface area contributed by atoms with E-state index in [4.69, 9.17) is 9.47 Å². The summed E-state index contributed by atoms with van der Waals surface area (Å²) < 4.78 is 10.6. The van der Waals surface area contributed by atoms with Gasteiger partial charge in [0.05, 0.1) is 19.6 Å². The molecule has 4 heteroatoms. The molecule has 0 aliphatic heterocycles. The Morgan fingerprint density at radius 3 is 2.33 bits per heavy atom. The molecule has 0 fully saturated rings. The number of nitrogens with one attached hydrogen (secondary N) is 1. The third kappa shape index (κ3) is 2.36. The molecule has 1 aromatic heterocycles. The van der Waals surface area contributed by atoms with Crippen molar-refractivity contribution in [2.75, 3.05) is 14.2 Å². The fourth-order valence-corrected chi connectivity index (χ4v) is 2.37. The molecule has 0 atom stereocenters. The lowest BCUT2D eigenvalue weighted by atomic mass is 10.1. The van der Waals surface area contributed by atoms with Gasteiger partial charge in [-0.1, -0.05) is 30.3 Å². The molecule has 0 saturated carbocycles. The molecule has 0 aliphatic rings. The average Bonchev–Trinajstić information content (AvgIpc) is 2.54. The van der Waals surface area contributed by atoms with Gasteiger partial charge in [-0.3, -0.25) is 4.79 Å². The minimum absolute atomic E-state index is 0.163. The first-order valence-corrected chi connectivity index (χ1v) is 6.57. The first kappa shape index (κ1) is 13.2. The monoisotopic (exact) mass is 281 g/mol. The Kier molecular flexibility index (Phi) is 3.36. The van der Waals surface area contributed by atoms with Crippen LogP contribution < -0.4 is 15.0 Å². The van der Waals surface area contributed by atoms with Gasteiger partial charge in [0, 0.05) is 17.1 Å². The molecule has 106 valence electrons. The molecule has 0 spiro atoms. The second kappa shape index (κ2) is 5.32. The molecule has 21 heavy (non-hydrogen) atoms. The summed E-state index contributed by atoms with van der Waals surface area (Å²) in [6, 6.07) is 15.1. The van der Waals surface area contributed by atoms with Gasteiger partial charge in [0.2, 0.25) is 0 Å². The normalized spacial score (nSPS) is 10.6. The van der Waals surface area contributed by atoms with Crippen LogP contribution in [0.1, 0.15) is 0 Å². The van der Waals surface area contributed by atoms with E-state index in [9.17, 15) is 4.79 Å². The lowest BCUT2D eigenvalue weighted by Gasteiger charge is -2.10. The van der Waals surface area contributed by atoms with E-state index in [1.54, 1.807) is 26.4 Å². The first-order valence-electron chi connectivity index (χ1n) is 6.57. The Labute approximate surface area is 122 Å². The smallest absolute Gasteiger partial charge is 0.256 e. The fraction of sp³-hybridized carbons (Fsp3) is 0.118. The lowest BCUT2D eigenvalue weighted by molar-refractivity contribution is 0.398. The largest absolute Gasteiger partial charge is 0.497 e. The van der Waals surface area contributed by atoms with Crippen LogP contribution in [0, 0.1) is 0 Å². The highest BCUT2D eigenvalue weighted by molar-refractivity contribution is 5.91. The van der Waals surface area contributed by atoms with Gasteiger partial charge >= 0.3 is 0 Å². The van der Waals surface area contributed by atoms with Gasteiger partial charge in [0.25, 0.3) is 5.56 Å². The van der Waals surface area contributed by atoms with E-state index in [-0.39, 0.29) is 5.56 Å². The van der Waals surface area contributed by atoms with E-state index in [1.807, 2.05) is 36.4 Å². The molecular formula is C17H15NO3. The predicted molar refractivity (Wildman–Crippen MR) is 83.1 cm³/mol. The van der Waals surface area contributed by atoms with Gasteiger partial charge in [-0.2, -0.15) is 0 Å². The summed E-state index contributed by atoms with van der Waals surface area (Å²) in [5, 5.41) is 1.31. The Balaban J connectivity index is 2.31. The zero-order valence-electron chi connectivity index (χ0n) is 11.8. The summed E-state index contributed by atoms with van der Waals surface area (Å²) in [6.07, 6.45) is 0. The van der Waals surface area contributed by atoms with Crippen molar-refractivity contribution in [2.45, 2.75) is 0 Å². The SMILES string of the molecule is COc1cc(OC)c2cc(-c3ccccc3)[nH]c(=O)c2c1. The molecule has 0 amide bonds. The van der Waals surface area contributed by atoms with Crippen LogP contribution in [0.15, 0.2) is 53.3 Å². The lowest BCUT2D eigenvalue weighted by Crippen LogP contribution is -2.08. The van der Waals surface area contributed by atoms with Gasteiger partial charge < -0.3 is 14.5 Å². The highest BCUT2D eigenvalue weighted by Crippen LogP contribution is 2.31. The van der Waals surface area contributed by atoms with Gasteiger partial charge in [-0.05, 0) is 17.7 Å². The molecule has 1 N–H and O–H groups in total. The third-order valence-corrected chi connectivity index (χ3v) is 3.44. The Morgan fingerprint density at radius 1 is 0.905 bits per heavy atom. The number of H-pyrrole nitrogens is 1. The Hall–Kier alpha value is -2.75. The van der Waals surface area contributed by atoms with Crippen molar-refractivity contribution >= 4 is 10.8 Å². The molecule has 4 nitrogen and oxygen atoms in total. The van der Waals surface area contributed by atoms with Crippen LogP contribution in [0.2, 0.25) is 0 Å². The number of hydrogen-bond donors (Lipinski definition) is 1. The van der Waals surface area contributed by atoms with Crippen LogP contribution >= 0.6 is 0 Å². The summed E-state index contributed by atoms with van der Waals surface area (Å²) in [5.74, 6) is 1.21. The summed E-state index contributed by atoms with van der Waals surface area (Å²) in [4.78, 5) is 15.2. The number of methoxy groups -OCH3 is 2. The minimum Gasteiger partial charge on any atom is -0.497 e. The minimum atomic E-state index is -0.163. The number of ether oxygens (including phenoxy) is 2. The van der Waals surface area contributed by atoms with E-state index in [0.29, 0.717) is 16.9 Å². The maximum absolute atomic E-state index is 12.3. The van der Waals surface area contributed by atoms with E-state index in [0.717, 1.165) is 16.6 Å². The third-order valence-electron chi connectivity index (χ3n) is 3.44. The zero-order chi connectivity index (χ0) is 14.8. The van der Waals surface area contributed by atoms with Crippen LogP contribution in [0.5, 0.6) is 11.5 Å². The maximum Gasteiger partial charge on any atom is 0.256 e. The van der Waals surface area contributed by atoms with Gasteiger partial charge in [-0.25, -0.2) is 0 Å². The van der Waals surface area contributed by atoms with Crippen molar-refractivity contribution in [3.63, 3.8) is 0 Å². The molecule has 2 aromatic carbocycles. The van der Waals surface area contributed by atoms with Crippen molar-refractivity contribution in [1.82, 2.24) is 4.98 Å². The molecule has 3 rings (SSSR count). The number of benzene rings is 2. The molecule has 0 radical (unpaired) electrons.